The monoisotopic (exact) mass is 165 g/mol. The van der Waals surface area contributed by atoms with E-state index in [9.17, 15) is 13.6 Å². The van der Waals surface area contributed by atoms with Gasteiger partial charge in [-0.05, 0) is 6.92 Å². The van der Waals surface area contributed by atoms with E-state index in [4.69, 9.17) is 5.11 Å². The summed E-state index contributed by atoms with van der Waals surface area (Å²) in [4.78, 5) is 10.4. The van der Waals surface area contributed by atoms with Crippen LogP contribution < -0.4 is 5.32 Å². The van der Waals surface area contributed by atoms with Crippen LogP contribution >= 0.6 is 0 Å². The zero-order chi connectivity index (χ0) is 8.70. The van der Waals surface area contributed by atoms with Gasteiger partial charge in [0, 0.05) is 6.42 Å². The van der Waals surface area contributed by atoms with Crippen LogP contribution in [0, 0.1) is 0 Å². The van der Waals surface area contributed by atoms with E-state index in [2.05, 4.69) is 5.32 Å². The first-order valence-corrected chi connectivity index (χ1v) is 3.22. The molecule has 1 saturated heterocycles. The van der Waals surface area contributed by atoms with Crippen LogP contribution in [-0.4, -0.2) is 29.1 Å². The smallest absolute Gasteiger partial charge is 0.323 e. The third-order valence-electron chi connectivity index (χ3n) is 1.82. The van der Waals surface area contributed by atoms with Gasteiger partial charge in [0.2, 0.25) is 0 Å². The normalized spacial score (nSPS) is 35.5. The van der Waals surface area contributed by atoms with Crippen LogP contribution in [0.25, 0.3) is 0 Å². The van der Waals surface area contributed by atoms with E-state index in [-0.39, 0.29) is 0 Å². The third kappa shape index (κ3) is 1.48. The summed E-state index contributed by atoms with van der Waals surface area (Å²) < 4.78 is 24.9. The minimum Gasteiger partial charge on any atom is -0.480 e. The fraction of sp³-hybridized carbons (Fsp3) is 0.833. The van der Waals surface area contributed by atoms with Crippen molar-refractivity contribution in [3.8, 4) is 0 Å². The molecule has 0 unspecified atom stereocenters. The first-order valence-electron chi connectivity index (χ1n) is 3.22. The average molecular weight is 165 g/mol. The van der Waals surface area contributed by atoms with Crippen molar-refractivity contribution in [1.82, 2.24) is 5.32 Å². The summed E-state index contributed by atoms with van der Waals surface area (Å²) in [6.07, 6.45) is -0.630. The van der Waals surface area contributed by atoms with E-state index in [1.165, 1.54) is 6.92 Å². The molecule has 0 aromatic heterocycles. The Morgan fingerprint density at radius 1 is 1.64 bits per heavy atom. The number of carboxylic acids is 1. The second-order valence-corrected chi connectivity index (χ2v) is 3.02. The Labute approximate surface area is 62.4 Å². The highest BCUT2D eigenvalue weighted by Crippen LogP contribution is 2.31. The van der Waals surface area contributed by atoms with Crippen molar-refractivity contribution in [1.29, 1.82) is 0 Å². The molecule has 1 aliphatic heterocycles. The Kier molecular flexibility index (Phi) is 1.63. The van der Waals surface area contributed by atoms with E-state index in [1.54, 1.807) is 0 Å². The molecule has 1 atom stereocenters. The molecule has 0 aromatic rings. The second-order valence-electron chi connectivity index (χ2n) is 3.02. The predicted octanol–water partition coefficient (Wildman–Crippen LogP) is 0.458. The number of halogens is 2. The number of hydrogen-bond donors (Lipinski definition) is 2. The summed E-state index contributed by atoms with van der Waals surface area (Å²) in [5, 5.41) is 10.8. The van der Waals surface area contributed by atoms with Crippen molar-refractivity contribution in [3.63, 3.8) is 0 Å². The van der Waals surface area contributed by atoms with Crippen LogP contribution in [-0.2, 0) is 4.79 Å². The number of rotatable bonds is 1. The molecule has 1 heterocycles. The summed E-state index contributed by atoms with van der Waals surface area (Å²) in [5.41, 5.74) is -1.45. The van der Waals surface area contributed by atoms with E-state index >= 15 is 0 Å². The molecule has 1 rings (SSSR count). The summed E-state index contributed by atoms with van der Waals surface area (Å²) in [6.45, 7) is 0.714. The molecule has 0 bridgehead atoms. The lowest BCUT2D eigenvalue weighted by Gasteiger charge is -2.17. The Hall–Kier alpha value is -0.710. The summed E-state index contributed by atoms with van der Waals surface area (Å²) >= 11 is 0. The zero-order valence-electron chi connectivity index (χ0n) is 6.03. The van der Waals surface area contributed by atoms with Crippen LogP contribution in [0.5, 0.6) is 0 Å². The summed E-state index contributed by atoms with van der Waals surface area (Å²) in [7, 11) is 0. The maximum atomic E-state index is 12.5. The van der Waals surface area contributed by atoms with Crippen molar-refractivity contribution in [2.75, 3.05) is 6.54 Å². The lowest BCUT2D eigenvalue weighted by atomic mass is 10.00. The van der Waals surface area contributed by atoms with Gasteiger partial charge in [0.25, 0.3) is 5.92 Å². The van der Waals surface area contributed by atoms with Crippen LogP contribution in [0.3, 0.4) is 0 Å². The first-order chi connectivity index (χ1) is 4.86. The van der Waals surface area contributed by atoms with Crippen molar-refractivity contribution in [3.05, 3.63) is 0 Å². The van der Waals surface area contributed by atoms with E-state index < -0.39 is 30.4 Å². The molecule has 0 aliphatic carbocycles. The highest BCUT2D eigenvalue weighted by molar-refractivity contribution is 5.78. The van der Waals surface area contributed by atoms with Crippen molar-refractivity contribution in [2.45, 2.75) is 24.8 Å². The molecule has 0 amide bonds. The molecule has 1 fully saturated rings. The van der Waals surface area contributed by atoms with Crippen LogP contribution in [0.4, 0.5) is 8.78 Å². The highest BCUT2D eigenvalue weighted by Gasteiger charge is 2.50. The number of hydrogen-bond acceptors (Lipinski definition) is 2. The molecule has 0 spiro atoms. The minimum absolute atomic E-state index is 0.546. The number of nitrogens with one attached hydrogen (secondary N) is 1. The number of aliphatic carboxylic acids is 1. The standard InChI is InChI=1S/C6H9F2NO2/c1-5(4(10)11)2-6(7,8)3-9-5/h9H,2-3H2,1H3,(H,10,11)/t5-/m1/s1. The van der Waals surface area contributed by atoms with Gasteiger partial charge in [-0.1, -0.05) is 0 Å². The molecule has 3 nitrogen and oxygen atoms in total. The lowest BCUT2D eigenvalue weighted by molar-refractivity contribution is -0.144. The maximum Gasteiger partial charge on any atom is 0.323 e. The van der Waals surface area contributed by atoms with Gasteiger partial charge in [0.1, 0.15) is 5.54 Å². The van der Waals surface area contributed by atoms with Crippen LogP contribution in [0.15, 0.2) is 0 Å². The molecule has 0 aromatic carbocycles. The van der Waals surface area contributed by atoms with Crippen LogP contribution in [0.1, 0.15) is 13.3 Å². The van der Waals surface area contributed by atoms with E-state index in [0.29, 0.717) is 0 Å². The number of alkyl halides is 2. The fourth-order valence-corrected chi connectivity index (χ4v) is 1.12. The van der Waals surface area contributed by atoms with Crippen molar-refractivity contribution in [2.24, 2.45) is 0 Å². The Morgan fingerprint density at radius 2 is 2.18 bits per heavy atom. The second kappa shape index (κ2) is 2.14. The quantitative estimate of drug-likeness (QED) is 0.593. The molecular formula is C6H9F2NO2. The number of carboxylic acid groups (broad SMARTS) is 1. The Balaban J connectivity index is 2.73. The highest BCUT2D eigenvalue weighted by atomic mass is 19.3. The van der Waals surface area contributed by atoms with Crippen LogP contribution in [0.2, 0.25) is 0 Å². The number of carbonyl (C=O) groups is 1. The first kappa shape index (κ1) is 8.39. The SMILES string of the molecule is C[C@]1(C(=O)O)CC(F)(F)CN1. The molecular weight excluding hydrogens is 156 g/mol. The average Bonchev–Trinajstić information content (AvgIpc) is 2.08. The van der Waals surface area contributed by atoms with Gasteiger partial charge >= 0.3 is 5.97 Å². The van der Waals surface area contributed by atoms with E-state index in [0.717, 1.165) is 0 Å². The van der Waals surface area contributed by atoms with Gasteiger partial charge in [-0.25, -0.2) is 8.78 Å². The van der Waals surface area contributed by atoms with Gasteiger partial charge < -0.3 is 5.11 Å². The Morgan fingerprint density at radius 3 is 2.36 bits per heavy atom. The van der Waals surface area contributed by atoms with Gasteiger partial charge in [-0.15, -0.1) is 0 Å². The third-order valence-corrected chi connectivity index (χ3v) is 1.82. The zero-order valence-corrected chi connectivity index (χ0v) is 6.03. The van der Waals surface area contributed by atoms with Gasteiger partial charge in [0.15, 0.2) is 0 Å². The topological polar surface area (TPSA) is 49.3 Å². The van der Waals surface area contributed by atoms with Gasteiger partial charge in [-0.2, -0.15) is 0 Å². The molecule has 64 valence electrons. The maximum absolute atomic E-state index is 12.5. The fourth-order valence-electron chi connectivity index (χ4n) is 1.12. The predicted molar refractivity (Wildman–Crippen MR) is 33.6 cm³/mol. The molecule has 0 saturated carbocycles. The van der Waals surface area contributed by atoms with Crippen molar-refractivity contribution < 1.29 is 18.7 Å². The molecule has 11 heavy (non-hydrogen) atoms. The summed E-state index contributed by atoms with van der Waals surface area (Å²) in [6, 6.07) is 0. The van der Waals surface area contributed by atoms with Crippen molar-refractivity contribution >= 4 is 5.97 Å². The molecule has 1 aliphatic rings. The summed E-state index contributed by atoms with van der Waals surface area (Å²) in [5.74, 6) is -4.11. The molecule has 5 heteroatoms. The largest absolute Gasteiger partial charge is 0.480 e. The van der Waals surface area contributed by atoms with Gasteiger partial charge in [-0.3, -0.25) is 10.1 Å². The lowest BCUT2D eigenvalue weighted by Crippen LogP contribution is -2.44. The van der Waals surface area contributed by atoms with Gasteiger partial charge in [0.05, 0.1) is 6.54 Å². The minimum atomic E-state index is -2.88. The van der Waals surface area contributed by atoms with E-state index in [1.807, 2.05) is 0 Å². The Bertz CT molecular complexity index is 195. The molecule has 2 N–H and O–H groups in total. The molecule has 0 radical (unpaired) electrons.